The molecule has 2 unspecified atom stereocenters. The Balaban J connectivity index is 1.31. The molecule has 2 saturated heterocycles. The van der Waals surface area contributed by atoms with Gasteiger partial charge < -0.3 is 29.5 Å². The second kappa shape index (κ2) is 12.7. The van der Waals surface area contributed by atoms with Crippen LogP contribution >= 0.6 is 0 Å². The van der Waals surface area contributed by atoms with E-state index in [1.807, 2.05) is 6.92 Å². The first-order chi connectivity index (χ1) is 21.2. The number of carbonyl (C=O) groups is 2. The lowest BCUT2D eigenvalue weighted by atomic mass is 9.94. The molecule has 2 aromatic heterocycles. The summed E-state index contributed by atoms with van der Waals surface area (Å²) < 4.78 is 39.1. The maximum absolute atomic E-state index is 14.0. The molecule has 2 aromatic carbocycles. The number of benzene rings is 2. The van der Waals surface area contributed by atoms with Crippen molar-refractivity contribution in [3.63, 3.8) is 0 Å². The summed E-state index contributed by atoms with van der Waals surface area (Å²) >= 11 is 0. The van der Waals surface area contributed by atoms with Crippen LogP contribution in [0, 0.1) is 18.6 Å². The van der Waals surface area contributed by atoms with Gasteiger partial charge in [-0.2, -0.15) is 0 Å². The number of likely N-dealkylation sites (tertiary alicyclic amines) is 1. The van der Waals surface area contributed by atoms with Crippen molar-refractivity contribution in [2.75, 3.05) is 13.1 Å². The molecule has 230 valence electrons. The average molecular weight is 606 g/mol. The summed E-state index contributed by atoms with van der Waals surface area (Å²) in [6.07, 6.45) is 6.33. The van der Waals surface area contributed by atoms with E-state index in [-0.39, 0.29) is 47.0 Å². The number of carbonyl (C=O) groups excluding carboxylic acids is 2. The summed E-state index contributed by atoms with van der Waals surface area (Å²) in [5, 5.41) is 17.4. The topological polar surface area (TPSA) is 134 Å². The molecule has 4 aromatic rings. The van der Waals surface area contributed by atoms with Crippen LogP contribution in [0.5, 0.6) is 0 Å². The number of aliphatic hydroxyl groups is 1. The number of amides is 2. The van der Waals surface area contributed by atoms with Gasteiger partial charge in [0.15, 0.2) is 0 Å². The zero-order valence-corrected chi connectivity index (χ0v) is 24.1. The largest absolute Gasteiger partial charge is 0.446 e. The van der Waals surface area contributed by atoms with Gasteiger partial charge in [0.25, 0.3) is 11.8 Å². The molecular formula is C32H33F2N5O5. The van der Waals surface area contributed by atoms with Gasteiger partial charge in [-0.15, -0.1) is 0 Å². The van der Waals surface area contributed by atoms with E-state index in [2.05, 4.69) is 20.6 Å². The summed E-state index contributed by atoms with van der Waals surface area (Å²) in [6.45, 7) is 3.02. The molecule has 0 radical (unpaired) electrons. The Morgan fingerprint density at radius 3 is 2.57 bits per heavy atom. The lowest BCUT2D eigenvalue weighted by Gasteiger charge is -2.29. The number of hydrogen-bond acceptors (Lipinski definition) is 8. The molecule has 10 nitrogen and oxygen atoms in total. The third-order valence-corrected chi connectivity index (χ3v) is 8.17. The molecule has 4 atom stereocenters. The van der Waals surface area contributed by atoms with E-state index >= 15 is 0 Å². The van der Waals surface area contributed by atoms with Gasteiger partial charge >= 0.3 is 0 Å². The van der Waals surface area contributed by atoms with Crippen LogP contribution in [-0.4, -0.2) is 63.1 Å². The van der Waals surface area contributed by atoms with Crippen molar-refractivity contribution in [1.29, 1.82) is 0 Å². The lowest BCUT2D eigenvalue weighted by Crippen LogP contribution is -2.52. The summed E-state index contributed by atoms with van der Waals surface area (Å²) in [5.41, 5.74) is 1.79. The second-order valence-corrected chi connectivity index (χ2v) is 11.4. The van der Waals surface area contributed by atoms with Gasteiger partial charge in [0.1, 0.15) is 30.2 Å². The Kier molecular flexibility index (Phi) is 8.53. The molecule has 0 aliphatic carbocycles. The summed E-state index contributed by atoms with van der Waals surface area (Å²) in [6, 6.07) is 6.25. The normalized spacial score (nSPS) is 19.7. The Bertz CT molecular complexity index is 1620. The highest BCUT2D eigenvalue weighted by atomic mass is 19.1. The first-order valence-electron chi connectivity index (χ1n) is 14.7. The third-order valence-electron chi connectivity index (χ3n) is 8.17. The quantitative estimate of drug-likeness (QED) is 0.257. The summed E-state index contributed by atoms with van der Waals surface area (Å²) in [4.78, 5) is 38.0. The highest BCUT2D eigenvalue weighted by Gasteiger charge is 2.35. The van der Waals surface area contributed by atoms with Crippen LogP contribution < -0.4 is 10.6 Å². The first kappa shape index (κ1) is 29.6. The van der Waals surface area contributed by atoms with Gasteiger partial charge in [-0.1, -0.05) is 0 Å². The molecule has 4 heterocycles. The molecule has 2 aliphatic heterocycles. The molecular weight excluding hydrogens is 572 g/mol. The van der Waals surface area contributed by atoms with Crippen molar-refractivity contribution in [3.8, 4) is 11.5 Å². The van der Waals surface area contributed by atoms with E-state index in [0.29, 0.717) is 37.4 Å². The lowest BCUT2D eigenvalue weighted by molar-refractivity contribution is 0.0715. The standard InChI is InChI=1S/C32H33F2N5O5/c1-18-17-44-31(37-18)27-5-3-8-39(27)32(42)22-14-20(13-21(15-22)30-36-7-9-43-30)29(41)38-26(28(40)25-4-2-6-35-25)12-19-10-23(33)16-24(34)11-19/h7,9-11,13-17,25-28,35,40H,2-6,8,12H2,1H3,(H,38,41)/t25?,26-,27?,28+/m0/s1. The van der Waals surface area contributed by atoms with E-state index in [4.69, 9.17) is 8.83 Å². The van der Waals surface area contributed by atoms with E-state index in [1.165, 1.54) is 30.7 Å². The van der Waals surface area contributed by atoms with Crippen molar-refractivity contribution in [2.24, 2.45) is 0 Å². The zero-order valence-electron chi connectivity index (χ0n) is 24.1. The van der Waals surface area contributed by atoms with Crippen LogP contribution in [-0.2, 0) is 6.42 Å². The van der Waals surface area contributed by atoms with Gasteiger partial charge in [-0.3, -0.25) is 9.59 Å². The molecule has 2 amide bonds. The predicted molar refractivity (Wildman–Crippen MR) is 155 cm³/mol. The fourth-order valence-corrected chi connectivity index (χ4v) is 6.10. The Hall–Kier alpha value is -4.42. The van der Waals surface area contributed by atoms with E-state index in [0.717, 1.165) is 24.6 Å². The fraction of sp³-hybridized carbons (Fsp3) is 0.375. The highest BCUT2D eigenvalue weighted by molar-refractivity contribution is 6.01. The van der Waals surface area contributed by atoms with Gasteiger partial charge in [-0.25, -0.2) is 18.7 Å². The van der Waals surface area contributed by atoms with Crippen molar-refractivity contribution in [3.05, 3.63) is 95.0 Å². The molecule has 0 saturated carbocycles. The van der Waals surface area contributed by atoms with Gasteiger partial charge in [0.05, 0.1) is 24.0 Å². The fourth-order valence-electron chi connectivity index (χ4n) is 6.10. The zero-order chi connectivity index (χ0) is 30.8. The number of aromatic nitrogens is 2. The van der Waals surface area contributed by atoms with Crippen molar-refractivity contribution >= 4 is 11.8 Å². The average Bonchev–Trinajstić information content (AvgIpc) is 3.83. The van der Waals surface area contributed by atoms with Crippen molar-refractivity contribution < 1.29 is 32.3 Å². The monoisotopic (exact) mass is 605 g/mol. The Morgan fingerprint density at radius 2 is 1.89 bits per heavy atom. The SMILES string of the molecule is Cc1coc(C2CCCN2C(=O)c2cc(C(=O)N[C@@H](Cc3cc(F)cc(F)c3)[C@H](O)C3CCCN3)cc(-c3ncco3)c2)n1. The van der Waals surface area contributed by atoms with Crippen LogP contribution in [0.1, 0.15) is 69.6 Å². The maximum Gasteiger partial charge on any atom is 0.254 e. The molecule has 6 rings (SSSR count). The molecule has 0 spiro atoms. The van der Waals surface area contributed by atoms with E-state index in [1.54, 1.807) is 23.3 Å². The molecule has 3 N–H and O–H groups in total. The number of halogens is 2. The molecule has 2 aliphatic rings. The van der Waals surface area contributed by atoms with Crippen molar-refractivity contribution in [2.45, 2.75) is 63.3 Å². The molecule has 12 heteroatoms. The number of hydrogen-bond donors (Lipinski definition) is 3. The number of nitrogens with zero attached hydrogens (tertiary/aromatic N) is 3. The van der Waals surface area contributed by atoms with Gasteiger partial charge in [-0.05, 0) is 81.5 Å². The number of oxazole rings is 2. The van der Waals surface area contributed by atoms with Crippen molar-refractivity contribution in [1.82, 2.24) is 25.5 Å². The van der Waals surface area contributed by atoms with Gasteiger partial charge in [0, 0.05) is 35.3 Å². The maximum atomic E-state index is 14.0. The van der Waals surface area contributed by atoms with Crippen LogP contribution in [0.3, 0.4) is 0 Å². The molecule has 44 heavy (non-hydrogen) atoms. The minimum atomic E-state index is -1.04. The molecule has 0 bridgehead atoms. The summed E-state index contributed by atoms with van der Waals surface area (Å²) in [7, 11) is 0. The highest BCUT2D eigenvalue weighted by Crippen LogP contribution is 2.33. The van der Waals surface area contributed by atoms with Crippen LogP contribution in [0.15, 0.2) is 64.0 Å². The van der Waals surface area contributed by atoms with Crippen LogP contribution in [0.2, 0.25) is 0 Å². The molecule has 2 fully saturated rings. The summed E-state index contributed by atoms with van der Waals surface area (Å²) in [5.74, 6) is -1.71. The minimum Gasteiger partial charge on any atom is -0.446 e. The Morgan fingerprint density at radius 1 is 1.09 bits per heavy atom. The second-order valence-electron chi connectivity index (χ2n) is 11.4. The Labute approximate surface area is 252 Å². The first-order valence-corrected chi connectivity index (χ1v) is 14.7. The van der Waals surface area contributed by atoms with Gasteiger partial charge in [0.2, 0.25) is 11.8 Å². The number of aryl methyl sites for hydroxylation is 1. The number of rotatable bonds is 9. The number of nitrogens with one attached hydrogen (secondary N) is 2. The van der Waals surface area contributed by atoms with Crippen LogP contribution in [0.25, 0.3) is 11.5 Å². The van der Waals surface area contributed by atoms with E-state index < -0.39 is 29.7 Å². The number of aliphatic hydroxyl groups excluding tert-OH is 1. The minimum absolute atomic E-state index is 0.0179. The smallest absolute Gasteiger partial charge is 0.254 e. The third kappa shape index (κ3) is 6.41. The predicted octanol–water partition coefficient (Wildman–Crippen LogP) is 4.35. The van der Waals surface area contributed by atoms with Crippen LogP contribution in [0.4, 0.5) is 8.78 Å². The van der Waals surface area contributed by atoms with E-state index in [9.17, 15) is 23.5 Å².